The predicted molar refractivity (Wildman–Crippen MR) is 94.5 cm³/mol. The molecule has 3 rings (SSSR count). The monoisotopic (exact) mass is 343 g/mol. The van der Waals surface area contributed by atoms with Gasteiger partial charge in [-0.2, -0.15) is 0 Å². The molecule has 25 heavy (non-hydrogen) atoms. The molecule has 0 aliphatic carbocycles. The van der Waals surface area contributed by atoms with Gasteiger partial charge in [-0.05, 0) is 43.7 Å². The number of rotatable bonds is 6. The van der Waals surface area contributed by atoms with Crippen LogP contribution in [0.15, 0.2) is 54.6 Å². The molecule has 3 atom stereocenters. The SMILES string of the molecule is COc1ccc(N2C(=O)[C@](C)(OCc3ccccc3)[C@@H]2[C@H](C)F)cc1. The number of hydrogen-bond donors (Lipinski definition) is 0. The first-order valence-electron chi connectivity index (χ1n) is 8.27. The number of ether oxygens (including phenoxy) is 2. The quantitative estimate of drug-likeness (QED) is 0.750. The smallest absolute Gasteiger partial charge is 0.261 e. The third-order valence-corrected chi connectivity index (χ3v) is 4.65. The van der Waals surface area contributed by atoms with E-state index in [2.05, 4.69) is 0 Å². The van der Waals surface area contributed by atoms with E-state index in [0.29, 0.717) is 11.4 Å². The first-order valence-corrected chi connectivity index (χ1v) is 8.27. The molecule has 0 spiro atoms. The molecular weight excluding hydrogens is 321 g/mol. The number of hydrogen-bond acceptors (Lipinski definition) is 3. The number of anilines is 1. The van der Waals surface area contributed by atoms with Gasteiger partial charge in [0, 0.05) is 5.69 Å². The van der Waals surface area contributed by atoms with E-state index in [-0.39, 0.29) is 12.5 Å². The maximum atomic E-state index is 14.3. The number of carbonyl (C=O) groups excluding carboxylic acids is 1. The van der Waals surface area contributed by atoms with Crippen molar-refractivity contribution in [2.75, 3.05) is 12.0 Å². The van der Waals surface area contributed by atoms with Crippen molar-refractivity contribution in [1.29, 1.82) is 0 Å². The summed E-state index contributed by atoms with van der Waals surface area (Å²) in [5.41, 5.74) is 0.412. The van der Waals surface area contributed by atoms with Crippen molar-refractivity contribution in [3.05, 3.63) is 60.2 Å². The Morgan fingerprint density at radius 2 is 1.80 bits per heavy atom. The van der Waals surface area contributed by atoms with Gasteiger partial charge in [-0.3, -0.25) is 4.79 Å². The minimum Gasteiger partial charge on any atom is -0.497 e. The first-order chi connectivity index (χ1) is 12.0. The van der Waals surface area contributed by atoms with Gasteiger partial charge in [0.25, 0.3) is 5.91 Å². The van der Waals surface area contributed by atoms with Crippen molar-refractivity contribution in [3.8, 4) is 5.75 Å². The zero-order valence-corrected chi connectivity index (χ0v) is 14.6. The van der Waals surface area contributed by atoms with E-state index >= 15 is 0 Å². The zero-order chi connectivity index (χ0) is 18.0. The Bertz CT molecular complexity index is 732. The van der Waals surface area contributed by atoms with E-state index < -0.39 is 17.8 Å². The minimum atomic E-state index is -1.22. The molecule has 1 aliphatic heterocycles. The van der Waals surface area contributed by atoms with E-state index in [1.54, 1.807) is 38.3 Å². The molecule has 2 aromatic rings. The fourth-order valence-corrected chi connectivity index (χ4v) is 3.29. The molecule has 5 heteroatoms. The molecule has 1 amide bonds. The lowest BCUT2D eigenvalue weighted by Crippen LogP contribution is -2.76. The van der Waals surface area contributed by atoms with Gasteiger partial charge in [0.1, 0.15) is 18.0 Å². The summed E-state index contributed by atoms with van der Waals surface area (Å²) in [6, 6.07) is 15.9. The molecule has 1 fully saturated rings. The molecule has 2 aromatic carbocycles. The van der Waals surface area contributed by atoms with Gasteiger partial charge in [-0.1, -0.05) is 30.3 Å². The second kappa shape index (κ2) is 6.84. The van der Waals surface area contributed by atoms with Crippen molar-refractivity contribution in [2.24, 2.45) is 0 Å². The Labute approximate surface area is 147 Å². The molecule has 132 valence electrons. The summed E-state index contributed by atoms with van der Waals surface area (Å²) < 4.78 is 25.3. The lowest BCUT2D eigenvalue weighted by atomic mass is 9.80. The maximum Gasteiger partial charge on any atom is 0.261 e. The number of methoxy groups -OCH3 is 1. The maximum absolute atomic E-state index is 14.3. The van der Waals surface area contributed by atoms with Crippen LogP contribution in [0.5, 0.6) is 5.75 Å². The van der Waals surface area contributed by atoms with Crippen LogP contribution >= 0.6 is 0 Å². The van der Waals surface area contributed by atoms with E-state index in [1.165, 1.54) is 11.8 Å². The fraction of sp³-hybridized carbons (Fsp3) is 0.350. The molecule has 1 saturated heterocycles. The highest BCUT2D eigenvalue weighted by atomic mass is 19.1. The summed E-state index contributed by atoms with van der Waals surface area (Å²) in [6.07, 6.45) is -1.22. The molecule has 0 aromatic heterocycles. The van der Waals surface area contributed by atoms with Gasteiger partial charge in [0.05, 0.1) is 13.7 Å². The fourth-order valence-electron chi connectivity index (χ4n) is 3.29. The lowest BCUT2D eigenvalue weighted by Gasteiger charge is -2.54. The van der Waals surface area contributed by atoms with Crippen LogP contribution in [-0.2, 0) is 16.1 Å². The number of carbonyl (C=O) groups is 1. The summed E-state index contributed by atoms with van der Waals surface area (Å²) >= 11 is 0. The molecule has 0 unspecified atom stereocenters. The van der Waals surface area contributed by atoms with Crippen molar-refractivity contribution < 1.29 is 18.7 Å². The van der Waals surface area contributed by atoms with Crippen LogP contribution in [0.3, 0.4) is 0 Å². The van der Waals surface area contributed by atoms with Crippen molar-refractivity contribution in [3.63, 3.8) is 0 Å². The Kier molecular flexibility index (Phi) is 4.77. The van der Waals surface area contributed by atoms with Gasteiger partial charge >= 0.3 is 0 Å². The number of nitrogens with zero attached hydrogens (tertiary/aromatic N) is 1. The average molecular weight is 343 g/mol. The van der Waals surface area contributed by atoms with Crippen molar-refractivity contribution in [1.82, 2.24) is 0 Å². The molecular formula is C20H22FNO3. The highest BCUT2D eigenvalue weighted by molar-refractivity contribution is 6.08. The topological polar surface area (TPSA) is 38.8 Å². The van der Waals surface area contributed by atoms with Crippen LogP contribution in [0.2, 0.25) is 0 Å². The van der Waals surface area contributed by atoms with Crippen molar-refractivity contribution >= 4 is 11.6 Å². The summed E-state index contributed by atoms with van der Waals surface area (Å²) in [6.45, 7) is 3.39. The first kappa shape index (κ1) is 17.4. The van der Waals surface area contributed by atoms with E-state index in [4.69, 9.17) is 9.47 Å². The number of halogens is 1. The molecule has 1 aliphatic rings. The summed E-state index contributed by atoms with van der Waals surface area (Å²) in [5.74, 6) is 0.452. The predicted octanol–water partition coefficient (Wildman–Crippen LogP) is 3.74. The molecule has 1 heterocycles. The van der Waals surface area contributed by atoms with Crippen LogP contribution in [0.1, 0.15) is 19.4 Å². The van der Waals surface area contributed by atoms with E-state index in [9.17, 15) is 9.18 Å². The average Bonchev–Trinajstić information content (AvgIpc) is 2.64. The van der Waals surface area contributed by atoms with Gasteiger partial charge in [0.2, 0.25) is 0 Å². The van der Waals surface area contributed by atoms with Crippen molar-refractivity contribution in [2.45, 2.75) is 38.3 Å². The Morgan fingerprint density at radius 3 is 2.36 bits per heavy atom. The van der Waals surface area contributed by atoms with E-state index in [1.807, 2.05) is 30.3 Å². The number of β-lactam (4-membered cyclic amide) rings is 1. The third-order valence-electron chi connectivity index (χ3n) is 4.65. The zero-order valence-electron chi connectivity index (χ0n) is 14.6. The van der Waals surface area contributed by atoms with Gasteiger partial charge in [-0.25, -0.2) is 4.39 Å². The number of amides is 1. The van der Waals surface area contributed by atoms with Crippen LogP contribution < -0.4 is 9.64 Å². The molecule has 0 N–H and O–H groups in total. The van der Waals surface area contributed by atoms with Gasteiger partial charge < -0.3 is 14.4 Å². The number of alkyl halides is 1. The molecule has 0 saturated carbocycles. The van der Waals surface area contributed by atoms with Gasteiger partial charge in [-0.15, -0.1) is 0 Å². The summed E-state index contributed by atoms with van der Waals surface area (Å²) in [4.78, 5) is 14.2. The second-order valence-electron chi connectivity index (χ2n) is 6.38. The largest absolute Gasteiger partial charge is 0.497 e. The molecule has 0 radical (unpaired) electrons. The highest BCUT2D eigenvalue weighted by Crippen LogP contribution is 2.41. The third kappa shape index (κ3) is 3.12. The van der Waals surface area contributed by atoms with Crippen LogP contribution in [-0.4, -0.2) is 30.8 Å². The number of benzene rings is 2. The summed E-state index contributed by atoms with van der Waals surface area (Å²) in [5, 5.41) is 0. The Balaban J connectivity index is 1.79. The van der Waals surface area contributed by atoms with Crippen LogP contribution in [0, 0.1) is 0 Å². The second-order valence-corrected chi connectivity index (χ2v) is 6.38. The van der Waals surface area contributed by atoms with Gasteiger partial charge in [0.15, 0.2) is 5.60 Å². The van der Waals surface area contributed by atoms with E-state index in [0.717, 1.165) is 5.56 Å². The normalized spacial score (nSPS) is 23.9. The van der Waals surface area contributed by atoms with Crippen LogP contribution in [0.25, 0.3) is 0 Å². The minimum absolute atomic E-state index is 0.233. The van der Waals surface area contributed by atoms with Crippen LogP contribution in [0.4, 0.5) is 10.1 Å². The Hall–Kier alpha value is -2.40. The molecule has 4 nitrogen and oxygen atoms in total. The highest BCUT2D eigenvalue weighted by Gasteiger charge is 2.61. The summed E-state index contributed by atoms with van der Waals surface area (Å²) in [7, 11) is 1.57. The lowest BCUT2D eigenvalue weighted by molar-refractivity contribution is -0.167. The molecule has 0 bridgehead atoms. The standard InChI is InChI=1S/C20H22FNO3/c1-14(21)18-20(2,25-13-15-7-5-4-6-8-15)19(23)22(18)16-9-11-17(24-3)12-10-16/h4-12,14,18H,13H2,1-3H3/t14-,18-,20+/m0/s1. The Morgan fingerprint density at radius 1 is 1.16 bits per heavy atom.